The molecule has 0 heterocycles. The molecule has 0 unspecified atom stereocenters. The fourth-order valence-corrected chi connectivity index (χ4v) is 3.48. The molecule has 2 N–H and O–H groups in total. The molecular weight excluding hydrogens is 352 g/mol. The van der Waals surface area contributed by atoms with E-state index in [1.807, 2.05) is 0 Å². The van der Waals surface area contributed by atoms with Gasteiger partial charge in [-0.15, -0.1) is 0 Å². The molecule has 0 radical (unpaired) electrons. The van der Waals surface area contributed by atoms with E-state index in [-0.39, 0.29) is 0 Å². The van der Waals surface area contributed by atoms with Crippen molar-refractivity contribution < 1.29 is 0 Å². The molecule has 0 spiro atoms. The van der Waals surface area contributed by atoms with Crippen molar-refractivity contribution in [2.75, 3.05) is 26.2 Å². The lowest BCUT2D eigenvalue weighted by atomic mass is 9.88. The van der Waals surface area contributed by atoms with Crippen LogP contribution >= 0.6 is 0 Å². The van der Waals surface area contributed by atoms with Crippen molar-refractivity contribution in [3.05, 3.63) is 95.1 Å². The molecule has 0 aliphatic heterocycles. The Morgan fingerprint density at radius 1 is 0.759 bits per heavy atom. The van der Waals surface area contributed by atoms with Crippen LogP contribution < -0.4 is 10.6 Å². The molecular formula is C27H38N2. The molecule has 2 aromatic rings. The number of hydrogen-bond acceptors (Lipinski definition) is 2. The number of nitrogens with one attached hydrogen (secondary N) is 2. The lowest BCUT2D eigenvalue weighted by Gasteiger charge is -2.18. The third-order valence-corrected chi connectivity index (χ3v) is 5.18. The zero-order chi connectivity index (χ0) is 20.7. The molecule has 0 aliphatic rings. The van der Waals surface area contributed by atoms with Crippen LogP contribution in [0.2, 0.25) is 0 Å². The summed E-state index contributed by atoms with van der Waals surface area (Å²) in [6, 6.07) is 21.7. The van der Waals surface area contributed by atoms with E-state index < -0.39 is 0 Å². The molecule has 0 aliphatic carbocycles. The van der Waals surface area contributed by atoms with Gasteiger partial charge in [-0.3, -0.25) is 0 Å². The fourth-order valence-electron chi connectivity index (χ4n) is 3.48. The minimum atomic E-state index is 0.448. The Morgan fingerprint density at radius 2 is 1.34 bits per heavy atom. The summed E-state index contributed by atoms with van der Waals surface area (Å²) in [7, 11) is 0. The van der Waals surface area contributed by atoms with Crippen LogP contribution in [-0.2, 0) is 0 Å². The third-order valence-electron chi connectivity index (χ3n) is 5.18. The zero-order valence-corrected chi connectivity index (χ0v) is 18.5. The Balaban J connectivity index is 1.66. The van der Waals surface area contributed by atoms with Gasteiger partial charge in [0, 0.05) is 25.6 Å². The van der Waals surface area contributed by atoms with E-state index in [1.165, 1.54) is 22.3 Å². The van der Waals surface area contributed by atoms with Crippen molar-refractivity contribution in [2.24, 2.45) is 0 Å². The first kappa shape index (κ1) is 23.1. The minimum absolute atomic E-state index is 0.448. The molecule has 2 heteroatoms. The van der Waals surface area contributed by atoms with Crippen molar-refractivity contribution in [1.29, 1.82) is 0 Å². The molecule has 0 amide bonds. The molecule has 2 nitrogen and oxygen atoms in total. The van der Waals surface area contributed by atoms with Crippen LogP contribution in [0.5, 0.6) is 0 Å². The van der Waals surface area contributed by atoms with Gasteiger partial charge in [0.1, 0.15) is 0 Å². The van der Waals surface area contributed by atoms with Crippen LogP contribution in [0.3, 0.4) is 0 Å². The van der Waals surface area contributed by atoms with Gasteiger partial charge in [0.2, 0.25) is 0 Å². The normalized spacial score (nSPS) is 11.7. The van der Waals surface area contributed by atoms with Gasteiger partial charge in [-0.2, -0.15) is 0 Å². The van der Waals surface area contributed by atoms with E-state index in [0.29, 0.717) is 5.92 Å². The quantitative estimate of drug-likeness (QED) is 0.320. The van der Waals surface area contributed by atoms with E-state index in [0.717, 1.165) is 45.4 Å². The molecule has 0 atom stereocenters. The Bertz CT molecular complexity index is 688. The topological polar surface area (TPSA) is 24.1 Å². The molecule has 156 valence electrons. The van der Waals surface area contributed by atoms with Gasteiger partial charge in [0.15, 0.2) is 0 Å². The maximum atomic E-state index is 3.60. The maximum Gasteiger partial charge on any atom is 0.0137 e. The van der Waals surface area contributed by atoms with E-state index in [4.69, 9.17) is 0 Å². The number of benzene rings is 2. The highest BCUT2D eigenvalue weighted by molar-refractivity contribution is 5.32. The fraction of sp³-hybridized carbons (Fsp3) is 0.407. The van der Waals surface area contributed by atoms with Gasteiger partial charge in [0.05, 0.1) is 0 Å². The van der Waals surface area contributed by atoms with Crippen LogP contribution in [0.4, 0.5) is 0 Å². The molecule has 2 rings (SSSR count). The lowest BCUT2D eigenvalue weighted by molar-refractivity contribution is 0.590. The Morgan fingerprint density at radius 3 is 1.93 bits per heavy atom. The molecule has 0 aromatic heterocycles. The second-order valence-electron chi connectivity index (χ2n) is 7.99. The van der Waals surface area contributed by atoms with Gasteiger partial charge in [-0.05, 0) is 57.7 Å². The summed E-state index contributed by atoms with van der Waals surface area (Å²) in [6.45, 7) is 10.5. The summed E-state index contributed by atoms with van der Waals surface area (Å²) in [5.41, 5.74) is 5.67. The largest absolute Gasteiger partial charge is 0.315 e. The van der Waals surface area contributed by atoms with E-state index in [1.54, 1.807) is 0 Å². The van der Waals surface area contributed by atoms with Crippen molar-refractivity contribution in [2.45, 2.75) is 46.0 Å². The smallest absolute Gasteiger partial charge is 0.0137 e. The predicted molar refractivity (Wildman–Crippen MR) is 128 cm³/mol. The number of hydrogen-bond donors (Lipinski definition) is 2. The summed E-state index contributed by atoms with van der Waals surface area (Å²) < 4.78 is 0. The number of rotatable bonds is 13. The molecule has 0 saturated heterocycles. The van der Waals surface area contributed by atoms with Crippen LogP contribution in [0.25, 0.3) is 0 Å². The Hall–Kier alpha value is -2.16. The van der Waals surface area contributed by atoms with Crippen LogP contribution in [-0.4, -0.2) is 26.2 Å². The standard InChI is InChI=1S/C27H38N2/c1-23(2)11-10-12-24(3)17-19-28-21-22-29-20-18-27(25-13-6-4-7-14-25)26-15-8-5-9-16-26/h4-9,11,13-17,27-29H,10,12,18-22H2,1-3H3/b24-17+. The van der Waals surface area contributed by atoms with Crippen molar-refractivity contribution >= 4 is 0 Å². The maximum absolute atomic E-state index is 3.60. The van der Waals surface area contributed by atoms with Crippen molar-refractivity contribution in [3.63, 3.8) is 0 Å². The lowest BCUT2D eigenvalue weighted by Crippen LogP contribution is -2.28. The molecule has 0 saturated carbocycles. The number of allylic oxidation sites excluding steroid dienone is 3. The highest BCUT2D eigenvalue weighted by Gasteiger charge is 2.12. The first-order chi connectivity index (χ1) is 14.2. The van der Waals surface area contributed by atoms with E-state index >= 15 is 0 Å². The average molecular weight is 391 g/mol. The average Bonchev–Trinajstić information content (AvgIpc) is 2.73. The third kappa shape index (κ3) is 9.74. The summed E-state index contributed by atoms with van der Waals surface area (Å²) in [5, 5.41) is 7.11. The van der Waals surface area contributed by atoms with Gasteiger partial charge in [0.25, 0.3) is 0 Å². The zero-order valence-electron chi connectivity index (χ0n) is 18.5. The highest BCUT2D eigenvalue weighted by Crippen LogP contribution is 2.27. The Kier molecular flexibility index (Phi) is 11.1. The first-order valence-corrected chi connectivity index (χ1v) is 11.0. The van der Waals surface area contributed by atoms with Crippen LogP contribution in [0, 0.1) is 0 Å². The van der Waals surface area contributed by atoms with E-state index in [9.17, 15) is 0 Å². The van der Waals surface area contributed by atoms with Gasteiger partial charge >= 0.3 is 0 Å². The van der Waals surface area contributed by atoms with Crippen molar-refractivity contribution in [1.82, 2.24) is 10.6 Å². The summed E-state index contributed by atoms with van der Waals surface area (Å²) in [5.74, 6) is 0.448. The van der Waals surface area contributed by atoms with E-state index in [2.05, 4.69) is 104 Å². The van der Waals surface area contributed by atoms with Crippen LogP contribution in [0.1, 0.15) is 57.1 Å². The van der Waals surface area contributed by atoms with Crippen LogP contribution in [0.15, 0.2) is 84.0 Å². The SMILES string of the molecule is CC(C)=CCC/C(C)=C/CNCCNCCC(c1ccccc1)c1ccccc1. The molecule has 2 aromatic carbocycles. The van der Waals surface area contributed by atoms with Gasteiger partial charge in [-0.25, -0.2) is 0 Å². The minimum Gasteiger partial charge on any atom is -0.315 e. The van der Waals surface area contributed by atoms with Gasteiger partial charge < -0.3 is 10.6 Å². The monoisotopic (exact) mass is 390 g/mol. The molecule has 0 fully saturated rings. The van der Waals surface area contributed by atoms with Gasteiger partial charge in [-0.1, -0.05) is 84.0 Å². The molecule has 29 heavy (non-hydrogen) atoms. The predicted octanol–water partition coefficient (Wildman–Crippen LogP) is 6.08. The Labute approximate surface area is 178 Å². The summed E-state index contributed by atoms with van der Waals surface area (Å²) >= 11 is 0. The summed E-state index contributed by atoms with van der Waals surface area (Å²) in [4.78, 5) is 0. The molecule has 0 bridgehead atoms. The first-order valence-electron chi connectivity index (χ1n) is 11.0. The highest BCUT2D eigenvalue weighted by atomic mass is 14.9. The second-order valence-corrected chi connectivity index (χ2v) is 7.99. The second kappa shape index (κ2) is 13.9. The van der Waals surface area contributed by atoms with Crippen molar-refractivity contribution in [3.8, 4) is 0 Å². The summed E-state index contributed by atoms with van der Waals surface area (Å²) in [6.07, 6.45) is 8.05.